The van der Waals surface area contributed by atoms with Crippen molar-refractivity contribution >= 4 is 23.5 Å². The highest BCUT2D eigenvalue weighted by Gasteiger charge is 2.27. The van der Waals surface area contributed by atoms with Crippen LogP contribution < -0.4 is 10.6 Å². The first kappa shape index (κ1) is 21.4. The number of rotatable bonds is 4. The molecule has 1 fully saturated rings. The van der Waals surface area contributed by atoms with Crippen molar-refractivity contribution in [1.82, 2.24) is 20.2 Å². The van der Waals surface area contributed by atoms with Gasteiger partial charge >= 0.3 is 0 Å². The van der Waals surface area contributed by atoms with Gasteiger partial charge in [0.25, 0.3) is 11.8 Å². The zero-order valence-corrected chi connectivity index (χ0v) is 17.5. The molecular formula is C22H27N5O3. The summed E-state index contributed by atoms with van der Waals surface area (Å²) in [5.74, 6) is -0.488. The Kier molecular flexibility index (Phi) is 6.44. The molecule has 0 radical (unpaired) electrons. The number of amides is 3. The maximum Gasteiger partial charge on any atom is 0.273 e. The van der Waals surface area contributed by atoms with E-state index in [9.17, 15) is 14.4 Å². The Hall–Kier alpha value is -3.29. The minimum Gasteiger partial charge on any atom is -0.348 e. The molecule has 2 aromatic rings. The lowest BCUT2D eigenvalue weighted by molar-refractivity contribution is -0.123. The molecule has 0 spiro atoms. The Morgan fingerprint density at radius 2 is 1.63 bits per heavy atom. The van der Waals surface area contributed by atoms with E-state index in [1.165, 1.54) is 12.4 Å². The second kappa shape index (κ2) is 9.02. The van der Waals surface area contributed by atoms with Gasteiger partial charge in [0.05, 0.1) is 0 Å². The lowest BCUT2D eigenvalue weighted by Gasteiger charge is -2.32. The molecule has 1 aromatic heterocycles. The third-order valence-electron chi connectivity index (χ3n) is 4.96. The van der Waals surface area contributed by atoms with Gasteiger partial charge in [0.1, 0.15) is 0 Å². The van der Waals surface area contributed by atoms with Crippen LogP contribution in [0.15, 0.2) is 42.7 Å². The SMILES string of the molecule is CC(C)(C)C(=O)Nc1nccnc1C(=O)NC1CCN(C(=O)c2ccccc2)CC1. The molecular weight excluding hydrogens is 382 g/mol. The molecule has 0 unspecified atom stereocenters. The summed E-state index contributed by atoms with van der Waals surface area (Å²) in [6, 6.07) is 9.10. The molecule has 2 heterocycles. The van der Waals surface area contributed by atoms with Crippen LogP contribution in [0.5, 0.6) is 0 Å². The van der Waals surface area contributed by atoms with Gasteiger partial charge in [0, 0.05) is 42.5 Å². The van der Waals surface area contributed by atoms with Gasteiger partial charge < -0.3 is 15.5 Å². The molecule has 0 saturated carbocycles. The zero-order chi connectivity index (χ0) is 21.7. The number of piperidine rings is 1. The fraction of sp³-hybridized carbons (Fsp3) is 0.409. The third-order valence-corrected chi connectivity index (χ3v) is 4.96. The molecule has 2 N–H and O–H groups in total. The van der Waals surface area contributed by atoms with Gasteiger partial charge in [0.2, 0.25) is 5.91 Å². The number of likely N-dealkylation sites (tertiary alicyclic amines) is 1. The minimum atomic E-state index is -0.622. The first-order chi connectivity index (χ1) is 14.3. The van der Waals surface area contributed by atoms with Gasteiger partial charge in [0.15, 0.2) is 11.5 Å². The Bertz CT molecular complexity index is 916. The standard InChI is InChI=1S/C22H27N5O3/c1-22(2,3)21(30)26-18-17(23-11-12-24-18)19(28)25-16-9-13-27(14-10-16)20(29)15-7-5-4-6-8-15/h4-8,11-12,16H,9-10,13-14H2,1-3H3,(H,25,28)(H,24,26,30). The monoisotopic (exact) mass is 409 g/mol. The van der Waals surface area contributed by atoms with Crippen LogP contribution in [-0.2, 0) is 4.79 Å². The molecule has 8 nitrogen and oxygen atoms in total. The molecule has 158 valence electrons. The van der Waals surface area contributed by atoms with E-state index in [1.807, 2.05) is 18.2 Å². The highest BCUT2D eigenvalue weighted by Crippen LogP contribution is 2.19. The van der Waals surface area contributed by atoms with E-state index in [2.05, 4.69) is 20.6 Å². The van der Waals surface area contributed by atoms with E-state index < -0.39 is 5.41 Å². The van der Waals surface area contributed by atoms with E-state index in [-0.39, 0.29) is 35.3 Å². The van der Waals surface area contributed by atoms with E-state index >= 15 is 0 Å². The van der Waals surface area contributed by atoms with Gasteiger partial charge in [-0.3, -0.25) is 14.4 Å². The first-order valence-electron chi connectivity index (χ1n) is 10.0. The Balaban J connectivity index is 1.59. The fourth-order valence-electron chi connectivity index (χ4n) is 3.13. The highest BCUT2D eigenvalue weighted by molar-refractivity contribution is 6.02. The molecule has 1 aliphatic rings. The van der Waals surface area contributed by atoms with Crippen LogP contribution in [0, 0.1) is 5.41 Å². The van der Waals surface area contributed by atoms with Crippen LogP contribution in [0.2, 0.25) is 0 Å². The van der Waals surface area contributed by atoms with Crippen LogP contribution in [0.4, 0.5) is 5.82 Å². The number of hydrogen-bond donors (Lipinski definition) is 2. The summed E-state index contributed by atoms with van der Waals surface area (Å²) in [5, 5.41) is 5.64. The van der Waals surface area contributed by atoms with Crippen LogP contribution in [0.3, 0.4) is 0 Å². The van der Waals surface area contributed by atoms with E-state index in [0.29, 0.717) is 31.5 Å². The first-order valence-corrected chi connectivity index (χ1v) is 10.0. The van der Waals surface area contributed by atoms with Crippen LogP contribution >= 0.6 is 0 Å². The second-order valence-corrected chi connectivity index (χ2v) is 8.36. The molecule has 8 heteroatoms. The van der Waals surface area contributed by atoms with Crippen molar-refractivity contribution in [2.75, 3.05) is 18.4 Å². The quantitative estimate of drug-likeness (QED) is 0.807. The molecule has 1 aliphatic heterocycles. The van der Waals surface area contributed by atoms with Crippen molar-refractivity contribution < 1.29 is 14.4 Å². The number of carbonyl (C=O) groups is 3. The van der Waals surface area contributed by atoms with Gasteiger partial charge in [-0.05, 0) is 25.0 Å². The van der Waals surface area contributed by atoms with Crippen LogP contribution in [-0.4, -0.2) is 51.7 Å². The predicted molar refractivity (Wildman–Crippen MR) is 113 cm³/mol. The Morgan fingerprint density at radius 1 is 1.00 bits per heavy atom. The van der Waals surface area contributed by atoms with Gasteiger partial charge in [-0.15, -0.1) is 0 Å². The second-order valence-electron chi connectivity index (χ2n) is 8.36. The van der Waals surface area contributed by atoms with E-state index in [1.54, 1.807) is 37.8 Å². The number of benzene rings is 1. The number of nitrogens with zero attached hydrogens (tertiary/aromatic N) is 3. The molecule has 30 heavy (non-hydrogen) atoms. The van der Waals surface area contributed by atoms with Crippen LogP contribution in [0.1, 0.15) is 54.5 Å². The smallest absolute Gasteiger partial charge is 0.273 e. The maximum atomic E-state index is 12.8. The topological polar surface area (TPSA) is 104 Å². The average molecular weight is 409 g/mol. The van der Waals surface area contributed by atoms with Crippen molar-refractivity contribution in [2.45, 2.75) is 39.7 Å². The molecule has 0 atom stereocenters. The molecule has 1 aromatic carbocycles. The average Bonchev–Trinajstić information content (AvgIpc) is 2.74. The summed E-state index contributed by atoms with van der Waals surface area (Å²) < 4.78 is 0. The molecule has 3 amide bonds. The number of carbonyl (C=O) groups excluding carboxylic acids is 3. The molecule has 1 saturated heterocycles. The largest absolute Gasteiger partial charge is 0.348 e. The van der Waals surface area contributed by atoms with Crippen molar-refractivity contribution in [1.29, 1.82) is 0 Å². The number of nitrogens with one attached hydrogen (secondary N) is 2. The predicted octanol–water partition coefficient (Wildman–Crippen LogP) is 2.50. The summed E-state index contributed by atoms with van der Waals surface area (Å²) in [6.07, 6.45) is 4.15. The Morgan fingerprint density at radius 3 is 2.27 bits per heavy atom. The molecule has 3 rings (SSSR count). The summed E-state index contributed by atoms with van der Waals surface area (Å²) >= 11 is 0. The minimum absolute atomic E-state index is 0.00137. The van der Waals surface area contributed by atoms with Crippen LogP contribution in [0.25, 0.3) is 0 Å². The van der Waals surface area contributed by atoms with Crippen molar-refractivity contribution in [3.05, 3.63) is 54.0 Å². The van der Waals surface area contributed by atoms with E-state index in [4.69, 9.17) is 0 Å². The van der Waals surface area contributed by atoms with Gasteiger partial charge in [-0.1, -0.05) is 39.0 Å². The number of anilines is 1. The lowest BCUT2D eigenvalue weighted by Crippen LogP contribution is -2.46. The van der Waals surface area contributed by atoms with Crippen molar-refractivity contribution in [3.63, 3.8) is 0 Å². The summed E-state index contributed by atoms with van der Waals surface area (Å²) in [5.41, 5.74) is 0.125. The molecule has 0 aliphatic carbocycles. The van der Waals surface area contributed by atoms with Crippen molar-refractivity contribution in [3.8, 4) is 0 Å². The summed E-state index contributed by atoms with van der Waals surface area (Å²) in [6.45, 7) is 6.47. The highest BCUT2D eigenvalue weighted by atomic mass is 16.2. The zero-order valence-electron chi connectivity index (χ0n) is 17.5. The van der Waals surface area contributed by atoms with Gasteiger partial charge in [-0.2, -0.15) is 0 Å². The Labute approximate surface area is 176 Å². The third kappa shape index (κ3) is 5.20. The van der Waals surface area contributed by atoms with Gasteiger partial charge in [-0.25, -0.2) is 9.97 Å². The number of aromatic nitrogens is 2. The lowest BCUT2D eigenvalue weighted by atomic mass is 9.96. The fourth-order valence-corrected chi connectivity index (χ4v) is 3.13. The van der Waals surface area contributed by atoms with E-state index in [0.717, 1.165) is 0 Å². The summed E-state index contributed by atoms with van der Waals surface area (Å²) in [4.78, 5) is 47.6. The normalized spacial score (nSPS) is 14.8. The summed E-state index contributed by atoms with van der Waals surface area (Å²) in [7, 11) is 0. The molecule has 0 bridgehead atoms. The van der Waals surface area contributed by atoms with Crippen molar-refractivity contribution in [2.24, 2.45) is 5.41 Å². The number of hydrogen-bond acceptors (Lipinski definition) is 5. The maximum absolute atomic E-state index is 12.8.